The zero-order valence-corrected chi connectivity index (χ0v) is 10.2. The molecule has 0 bridgehead atoms. The van der Waals surface area contributed by atoms with Crippen LogP contribution in [0.3, 0.4) is 0 Å². The first-order valence-corrected chi connectivity index (χ1v) is 5.96. The van der Waals surface area contributed by atoms with E-state index in [1.807, 2.05) is 0 Å². The van der Waals surface area contributed by atoms with Crippen molar-refractivity contribution in [2.24, 2.45) is 0 Å². The summed E-state index contributed by atoms with van der Waals surface area (Å²) in [5.74, 6) is -0.166. The molecule has 1 aromatic carbocycles. The topological polar surface area (TPSA) is 21.3 Å². The van der Waals surface area contributed by atoms with Gasteiger partial charge < -0.3 is 10.1 Å². The molecule has 1 N–H and O–H groups in total. The first-order valence-electron chi connectivity index (χ1n) is 5.96. The Balaban J connectivity index is 1.94. The maximum Gasteiger partial charge on any atom is 0.573 e. The van der Waals surface area contributed by atoms with Gasteiger partial charge in [0.1, 0.15) is 5.75 Å². The summed E-state index contributed by atoms with van der Waals surface area (Å²) in [5.41, 5.74) is 0.936. The van der Waals surface area contributed by atoms with Crippen LogP contribution in [0.25, 0.3) is 0 Å². The molecule has 1 fully saturated rings. The van der Waals surface area contributed by atoms with Gasteiger partial charge in [-0.2, -0.15) is 0 Å². The van der Waals surface area contributed by atoms with Gasteiger partial charge in [-0.05, 0) is 43.9 Å². The minimum Gasteiger partial charge on any atom is -0.406 e. The summed E-state index contributed by atoms with van der Waals surface area (Å²) in [7, 11) is 0. The summed E-state index contributed by atoms with van der Waals surface area (Å²) in [6.45, 7) is 2.69. The van der Waals surface area contributed by atoms with Crippen LogP contribution in [0.1, 0.15) is 31.7 Å². The first kappa shape index (κ1) is 13.2. The highest BCUT2D eigenvalue weighted by molar-refractivity contribution is 5.28. The smallest absolute Gasteiger partial charge is 0.406 e. The molecule has 0 aromatic heterocycles. The minimum absolute atomic E-state index is 0.140. The van der Waals surface area contributed by atoms with Crippen molar-refractivity contribution < 1.29 is 17.9 Å². The SMILES string of the molecule is CC1(NCc2cccc(OC(F)(F)F)c2)CCC1. The van der Waals surface area contributed by atoms with E-state index < -0.39 is 6.36 Å². The van der Waals surface area contributed by atoms with Crippen molar-refractivity contribution in [3.63, 3.8) is 0 Å². The summed E-state index contributed by atoms with van der Waals surface area (Å²) < 4.78 is 40.1. The number of nitrogens with one attached hydrogen (secondary N) is 1. The molecule has 2 nitrogen and oxygen atoms in total. The summed E-state index contributed by atoms with van der Waals surface area (Å²) >= 11 is 0. The van der Waals surface area contributed by atoms with Gasteiger partial charge in [-0.25, -0.2) is 0 Å². The van der Waals surface area contributed by atoms with Crippen molar-refractivity contribution >= 4 is 0 Å². The molecule has 1 aliphatic carbocycles. The molecule has 2 rings (SSSR count). The second-order valence-electron chi connectivity index (χ2n) is 4.96. The van der Waals surface area contributed by atoms with Crippen LogP contribution in [0.15, 0.2) is 24.3 Å². The fraction of sp³-hybridized carbons (Fsp3) is 0.538. The van der Waals surface area contributed by atoms with Crippen molar-refractivity contribution in [2.75, 3.05) is 0 Å². The largest absolute Gasteiger partial charge is 0.573 e. The normalized spacial score (nSPS) is 18.2. The molecule has 0 aliphatic heterocycles. The molecule has 5 heteroatoms. The molecule has 0 radical (unpaired) electrons. The number of halogens is 3. The Morgan fingerprint density at radius 2 is 2.06 bits per heavy atom. The lowest BCUT2D eigenvalue weighted by Crippen LogP contribution is -2.47. The molecular formula is C13H16F3NO. The molecule has 0 unspecified atom stereocenters. The number of ether oxygens (including phenoxy) is 1. The molecular weight excluding hydrogens is 243 g/mol. The first-order chi connectivity index (χ1) is 8.36. The van der Waals surface area contributed by atoms with E-state index >= 15 is 0 Å². The van der Waals surface area contributed by atoms with Crippen molar-refractivity contribution in [3.8, 4) is 5.75 Å². The fourth-order valence-corrected chi connectivity index (χ4v) is 2.05. The maximum absolute atomic E-state index is 12.1. The van der Waals surface area contributed by atoms with Crippen LogP contribution in [0, 0.1) is 0 Å². The Hall–Kier alpha value is -1.23. The molecule has 0 spiro atoms. The van der Waals surface area contributed by atoms with E-state index in [4.69, 9.17) is 0 Å². The third kappa shape index (κ3) is 3.63. The minimum atomic E-state index is -4.63. The van der Waals surface area contributed by atoms with E-state index in [-0.39, 0.29) is 11.3 Å². The number of hydrogen-bond donors (Lipinski definition) is 1. The van der Waals surface area contributed by atoms with Crippen LogP contribution in [-0.4, -0.2) is 11.9 Å². The lowest BCUT2D eigenvalue weighted by Gasteiger charge is -2.39. The highest BCUT2D eigenvalue weighted by Crippen LogP contribution is 2.31. The Bertz CT molecular complexity index is 413. The van der Waals surface area contributed by atoms with Crippen molar-refractivity contribution in [1.82, 2.24) is 5.32 Å². The Kier molecular flexibility index (Phi) is 3.52. The zero-order chi connectivity index (χ0) is 13.2. The van der Waals surface area contributed by atoms with Gasteiger partial charge in [0.25, 0.3) is 0 Å². The van der Waals surface area contributed by atoms with E-state index in [1.165, 1.54) is 18.6 Å². The molecule has 0 heterocycles. The molecule has 0 atom stereocenters. The molecule has 1 saturated carbocycles. The van der Waals surface area contributed by atoms with Gasteiger partial charge in [-0.15, -0.1) is 13.2 Å². The summed E-state index contributed by atoms with van der Waals surface area (Å²) in [4.78, 5) is 0. The average molecular weight is 259 g/mol. The van der Waals surface area contributed by atoms with Gasteiger partial charge in [0, 0.05) is 12.1 Å². The van der Waals surface area contributed by atoms with Gasteiger partial charge in [-0.3, -0.25) is 0 Å². The Morgan fingerprint density at radius 3 is 2.61 bits per heavy atom. The number of alkyl halides is 3. The zero-order valence-electron chi connectivity index (χ0n) is 10.2. The predicted octanol–water partition coefficient (Wildman–Crippen LogP) is 3.62. The number of rotatable bonds is 4. The average Bonchev–Trinajstić information content (AvgIpc) is 2.22. The number of hydrogen-bond acceptors (Lipinski definition) is 2. The Labute approximate surface area is 104 Å². The fourth-order valence-electron chi connectivity index (χ4n) is 2.05. The van der Waals surface area contributed by atoms with Crippen LogP contribution in [0.4, 0.5) is 13.2 Å². The standard InChI is InChI=1S/C13H16F3NO/c1-12(6-3-7-12)17-9-10-4-2-5-11(8-10)18-13(14,15)16/h2,4-5,8,17H,3,6-7,9H2,1H3. The lowest BCUT2D eigenvalue weighted by molar-refractivity contribution is -0.274. The molecule has 1 aromatic rings. The highest BCUT2D eigenvalue weighted by Gasteiger charge is 2.32. The molecule has 0 saturated heterocycles. The van der Waals surface area contributed by atoms with Crippen LogP contribution in [-0.2, 0) is 6.54 Å². The van der Waals surface area contributed by atoms with Crippen molar-refractivity contribution in [3.05, 3.63) is 29.8 Å². The second-order valence-corrected chi connectivity index (χ2v) is 4.96. The van der Waals surface area contributed by atoms with Crippen molar-refractivity contribution in [2.45, 2.75) is 44.6 Å². The van der Waals surface area contributed by atoms with E-state index in [0.717, 1.165) is 18.4 Å². The summed E-state index contributed by atoms with van der Waals surface area (Å²) in [5, 5.41) is 3.37. The van der Waals surface area contributed by atoms with E-state index in [0.29, 0.717) is 6.54 Å². The van der Waals surface area contributed by atoms with Gasteiger partial charge in [-0.1, -0.05) is 12.1 Å². The maximum atomic E-state index is 12.1. The van der Waals surface area contributed by atoms with E-state index in [1.54, 1.807) is 12.1 Å². The second kappa shape index (κ2) is 4.80. The highest BCUT2D eigenvalue weighted by atomic mass is 19.4. The van der Waals surface area contributed by atoms with Gasteiger partial charge >= 0.3 is 6.36 Å². The van der Waals surface area contributed by atoms with Crippen LogP contribution in [0.2, 0.25) is 0 Å². The van der Waals surface area contributed by atoms with E-state index in [9.17, 15) is 13.2 Å². The van der Waals surface area contributed by atoms with Crippen LogP contribution in [0.5, 0.6) is 5.75 Å². The van der Waals surface area contributed by atoms with Gasteiger partial charge in [0.15, 0.2) is 0 Å². The third-order valence-corrected chi connectivity index (χ3v) is 3.31. The quantitative estimate of drug-likeness (QED) is 0.891. The number of benzene rings is 1. The van der Waals surface area contributed by atoms with Crippen molar-refractivity contribution in [1.29, 1.82) is 0 Å². The molecule has 1 aliphatic rings. The monoisotopic (exact) mass is 259 g/mol. The molecule has 18 heavy (non-hydrogen) atoms. The van der Waals surface area contributed by atoms with Crippen LogP contribution >= 0.6 is 0 Å². The molecule has 0 amide bonds. The molecule has 100 valence electrons. The van der Waals surface area contributed by atoms with E-state index in [2.05, 4.69) is 17.0 Å². The third-order valence-electron chi connectivity index (χ3n) is 3.31. The lowest BCUT2D eigenvalue weighted by atomic mass is 9.78. The Morgan fingerprint density at radius 1 is 1.33 bits per heavy atom. The summed E-state index contributed by atoms with van der Waals surface area (Å²) in [6, 6.07) is 6.09. The van der Waals surface area contributed by atoms with Crippen LogP contribution < -0.4 is 10.1 Å². The predicted molar refractivity (Wildman–Crippen MR) is 62.2 cm³/mol. The van der Waals surface area contributed by atoms with Gasteiger partial charge in [0.2, 0.25) is 0 Å². The summed E-state index contributed by atoms with van der Waals surface area (Å²) in [6.07, 6.45) is -1.19. The van der Waals surface area contributed by atoms with Gasteiger partial charge in [0.05, 0.1) is 0 Å².